The van der Waals surface area contributed by atoms with Gasteiger partial charge in [-0.1, -0.05) is 26.2 Å². The largest absolute Gasteiger partial charge is 0.435 e. The highest BCUT2D eigenvalue weighted by atomic mass is 19.4. The van der Waals surface area contributed by atoms with Crippen molar-refractivity contribution < 1.29 is 13.2 Å². The van der Waals surface area contributed by atoms with Crippen LogP contribution < -0.4 is 5.32 Å². The molecule has 1 rings (SSSR count). The maximum atomic E-state index is 12.3. The van der Waals surface area contributed by atoms with Gasteiger partial charge in [0.15, 0.2) is 5.69 Å². The zero-order valence-electron chi connectivity index (χ0n) is 10.6. The van der Waals surface area contributed by atoms with Gasteiger partial charge >= 0.3 is 6.18 Å². The number of hydrogen-bond acceptors (Lipinski definition) is 2. The Bertz CT molecular complexity index is 334. The van der Waals surface area contributed by atoms with Crippen LogP contribution in [0.5, 0.6) is 0 Å². The Morgan fingerprint density at radius 2 is 2.00 bits per heavy atom. The van der Waals surface area contributed by atoms with Crippen LogP contribution in [0, 0.1) is 0 Å². The summed E-state index contributed by atoms with van der Waals surface area (Å²) in [5, 5.41) is 6.68. The smallest absolute Gasteiger partial charge is 0.315 e. The molecule has 0 saturated heterocycles. The molecular weight excluding hydrogens is 243 g/mol. The van der Waals surface area contributed by atoms with E-state index in [2.05, 4.69) is 17.3 Å². The second-order valence-corrected chi connectivity index (χ2v) is 4.27. The first-order chi connectivity index (χ1) is 8.54. The molecule has 0 aliphatic rings. The first kappa shape index (κ1) is 15.0. The average molecular weight is 263 g/mol. The van der Waals surface area contributed by atoms with Crippen LogP contribution in [-0.4, -0.2) is 22.9 Å². The molecule has 0 bridgehead atoms. The Morgan fingerprint density at radius 3 is 2.61 bits per heavy atom. The van der Waals surface area contributed by atoms with Crippen LogP contribution in [0.25, 0.3) is 0 Å². The summed E-state index contributed by atoms with van der Waals surface area (Å²) < 4.78 is 38.1. The number of rotatable bonds is 8. The number of nitrogens with one attached hydrogen (secondary N) is 1. The number of hydrogen-bond donors (Lipinski definition) is 1. The summed E-state index contributed by atoms with van der Waals surface area (Å²) in [6.07, 6.45) is 1.76. The molecule has 0 amide bonds. The predicted octanol–water partition coefficient (Wildman–Crippen LogP) is 3.07. The van der Waals surface area contributed by atoms with E-state index in [-0.39, 0.29) is 0 Å². The van der Waals surface area contributed by atoms with Gasteiger partial charge in [0.05, 0.1) is 6.54 Å². The first-order valence-electron chi connectivity index (χ1n) is 6.35. The predicted molar refractivity (Wildman–Crippen MR) is 64.2 cm³/mol. The summed E-state index contributed by atoms with van der Waals surface area (Å²) in [4.78, 5) is 0. The van der Waals surface area contributed by atoms with E-state index in [0.717, 1.165) is 19.0 Å². The van der Waals surface area contributed by atoms with E-state index >= 15 is 0 Å². The highest BCUT2D eigenvalue weighted by molar-refractivity contribution is 5.03. The molecule has 1 aromatic heterocycles. The minimum Gasteiger partial charge on any atom is -0.315 e. The summed E-state index contributed by atoms with van der Waals surface area (Å²) in [6, 6.07) is 1.00. The van der Waals surface area contributed by atoms with Crippen molar-refractivity contribution in [2.24, 2.45) is 0 Å². The van der Waals surface area contributed by atoms with Crippen LogP contribution in [-0.2, 0) is 12.7 Å². The summed E-state index contributed by atoms with van der Waals surface area (Å²) >= 11 is 0. The molecule has 1 aromatic rings. The third kappa shape index (κ3) is 5.53. The summed E-state index contributed by atoms with van der Waals surface area (Å²) in [7, 11) is 0. The molecule has 0 radical (unpaired) electrons. The number of halogens is 3. The highest BCUT2D eigenvalue weighted by Gasteiger charge is 2.33. The molecule has 1 heterocycles. The van der Waals surface area contributed by atoms with E-state index in [1.807, 2.05) is 0 Å². The van der Waals surface area contributed by atoms with Crippen molar-refractivity contribution in [1.82, 2.24) is 15.1 Å². The van der Waals surface area contributed by atoms with Gasteiger partial charge in [-0.05, 0) is 19.0 Å². The molecule has 0 spiro atoms. The zero-order valence-corrected chi connectivity index (χ0v) is 10.6. The summed E-state index contributed by atoms with van der Waals surface area (Å²) in [5.41, 5.74) is -0.828. The van der Waals surface area contributed by atoms with Crippen molar-refractivity contribution in [3.63, 3.8) is 0 Å². The van der Waals surface area contributed by atoms with Gasteiger partial charge in [-0.2, -0.15) is 18.3 Å². The molecule has 0 saturated carbocycles. The molecule has 6 heteroatoms. The molecule has 3 nitrogen and oxygen atoms in total. The van der Waals surface area contributed by atoms with E-state index in [1.165, 1.54) is 30.1 Å². The van der Waals surface area contributed by atoms with Crippen molar-refractivity contribution >= 4 is 0 Å². The molecule has 18 heavy (non-hydrogen) atoms. The fourth-order valence-electron chi connectivity index (χ4n) is 1.63. The monoisotopic (exact) mass is 263 g/mol. The van der Waals surface area contributed by atoms with Crippen molar-refractivity contribution in [2.75, 3.05) is 13.1 Å². The van der Waals surface area contributed by atoms with E-state index < -0.39 is 11.9 Å². The van der Waals surface area contributed by atoms with Crippen LogP contribution >= 0.6 is 0 Å². The van der Waals surface area contributed by atoms with Crippen molar-refractivity contribution in [3.8, 4) is 0 Å². The van der Waals surface area contributed by atoms with Gasteiger partial charge in [-0.3, -0.25) is 4.68 Å². The van der Waals surface area contributed by atoms with E-state index in [9.17, 15) is 13.2 Å². The van der Waals surface area contributed by atoms with Gasteiger partial charge in [0.2, 0.25) is 0 Å². The second-order valence-electron chi connectivity index (χ2n) is 4.27. The topological polar surface area (TPSA) is 29.9 Å². The lowest BCUT2D eigenvalue weighted by Gasteiger charge is -2.05. The van der Waals surface area contributed by atoms with Crippen LogP contribution in [0.1, 0.15) is 38.3 Å². The van der Waals surface area contributed by atoms with E-state index in [4.69, 9.17) is 0 Å². The van der Waals surface area contributed by atoms with Crippen molar-refractivity contribution in [3.05, 3.63) is 18.0 Å². The second kappa shape index (κ2) is 7.41. The van der Waals surface area contributed by atoms with Crippen molar-refractivity contribution in [2.45, 2.75) is 45.3 Å². The highest BCUT2D eigenvalue weighted by Crippen LogP contribution is 2.27. The fraction of sp³-hybridized carbons (Fsp3) is 0.750. The third-order valence-electron chi connectivity index (χ3n) is 2.66. The van der Waals surface area contributed by atoms with Gasteiger partial charge in [0.1, 0.15) is 0 Å². The van der Waals surface area contributed by atoms with Gasteiger partial charge < -0.3 is 5.32 Å². The molecule has 0 unspecified atom stereocenters. The van der Waals surface area contributed by atoms with Gasteiger partial charge in [0.25, 0.3) is 0 Å². The maximum absolute atomic E-state index is 12.3. The summed E-state index contributed by atoms with van der Waals surface area (Å²) in [6.45, 7) is 4.17. The summed E-state index contributed by atoms with van der Waals surface area (Å²) in [5.74, 6) is 0. The molecule has 0 aromatic carbocycles. The molecule has 0 atom stereocenters. The molecule has 0 aliphatic carbocycles. The molecule has 104 valence electrons. The van der Waals surface area contributed by atoms with Gasteiger partial charge in [0, 0.05) is 12.7 Å². The van der Waals surface area contributed by atoms with Crippen LogP contribution in [0.2, 0.25) is 0 Å². The van der Waals surface area contributed by atoms with Gasteiger partial charge in [-0.15, -0.1) is 0 Å². The molecule has 0 aliphatic heterocycles. The van der Waals surface area contributed by atoms with Crippen LogP contribution in [0.3, 0.4) is 0 Å². The zero-order chi connectivity index (χ0) is 13.4. The lowest BCUT2D eigenvalue weighted by molar-refractivity contribution is -0.141. The average Bonchev–Trinajstić information content (AvgIpc) is 2.76. The fourth-order valence-corrected chi connectivity index (χ4v) is 1.63. The normalized spacial score (nSPS) is 12.0. The Hall–Kier alpha value is -1.04. The van der Waals surface area contributed by atoms with E-state index in [0.29, 0.717) is 13.1 Å². The number of nitrogens with zero attached hydrogens (tertiary/aromatic N) is 2. The number of aromatic nitrogens is 2. The molecular formula is C12H20F3N3. The Morgan fingerprint density at radius 1 is 1.22 bits per heavy atom. The quantitative estimate of drug-likeness (QED) is 0.730. The number of alkyl halides is 3. The lowest BCUT2D eigenvalue weighted by atomic mass is 10.2. The Kier molecular flexibility index (Phi) is 6.18. The minimum atomic E-state index is -4.35. The lowest BCUT2D eigenvalue weighted by Crippen LogP contribution is -2.21. The Labute approximate surface area is 105 Å². The SMILES string of the molecule is CCCCCCNCCn1ccc(C(F)(F)F)n1. The van der Waals surface area contributed by atoms with Crippen molar-refractivity contribution in [1.29, 1.82) is 0 Å². The van der Waals surface area contributed by atoms with Crippen LogP contribution in [0.4, 0.5) is 13.2 Å². The van der Waals surface area contributed by atoms with Gasteiger partial charge in [-0.25, -0.2) is 0 Å². The Balaban J connectivity index is 2.14. The third-order valence-corrected chi connectivity index (χ3v) is 2.66. The first-order valence-corrected chi connectivity index (χ1v) is 6.35. The molecule has 1 N–H and O–H groups in total. The standard InChI is InChI=1S/C12H20F3N3/c1-2-3-4-5-7-16-8-10-18-9-6-11(17-18)12(13,14)15/h6,9,16H,2-5,7-8,10H2,1H3. The van der Waals surface area contributed by atoms with Crippen LogP contribution in [0.15, 0.2) is 12.3 Å². The maximum Gasteiger partial charge on any atom is 0.435 e. The van der Waals surface area contributed by atoms with E-state index in [1.54, 1.807) is 0 Å². The minimum absolute atomic E-state index is 0.462. The molecule has 0 fully saturated rings. The number of unbranched alkanes of at least 4 members (excludes halogenated alkanes) is 3.